The van der Waals surface area contributed by atoms with Crippen LogP contribution in [0.4, 0.5) is 13.2 Å². The molecule has 1 aromatic heterocycles. The van der Waals surface area contributed by atoms with Crippen molar-refractivity contribution >= 4 is 0 Å². The minimum absolute atomic E-state index is 0.107. The highest BCUT2D eigenvalue weighted by atomic mass is 19.4. The Labute approximate surface area is 114 Å². The number of benzene rings is 1. The highest BCUT2D eigenvalue weighted by Gasteiger charge is 2.35. The van der Waals surface area contributed by atoms with Crippen LogP contribution in [-0.4, -0.2) is 10.1 Å². The van der Waals surface area contributed by atoms with Gasteiger partial charge in [0.15, 0.2) is 0 Å². The molecule has 2 nitrogen and oxygen atoms in total. The first-order valence-corrected chi connectivity index (χ1v) is 6.15. The number of aliphatic hydroxyl groups is 1. The second-order valence-electron chi connectivity index (χ2n) is 4.60. The summed E-state index contributed by atoms with van der Waals surface area (Å²) in [6.45, 7) is 1.69. The summed E-state index contributed by atoms with van der Waals surface area (Å²) in [5, 5.41) is 10.3. The Balaban J connectivity index is 2.37. The topological polar surface area (TPSA) is 33.1 Å². The summed E-state index contributed by atoms with van der Waals surface area (Å²) in [6.07, 6.45) is -2.60. The van der Waals surface area contributed by atoms with Crippen molar-refractivity contribution in [2.24, 2.45) is 0 Å². The number of alkyl halides is 3. The minimum Gasteiger partial charge on any atom is -0.388 e. The van der Waals surface area contributed by atoms with Crippen molar-refractivity contribution in [3.63, 3.8) is 0 Å². The second kappa shape index (κ2) is 5.63. The highest BCUT2D eigenvalue weighted by molar-refractivity contribution is 5.34. The van der Waals surface area contributed by atoms with Gasteiger partial charge in [0.1, 0.15) is 0 Å². The van der Waals surface area contributed by atoms with E-state index in [1.54, 1.807) is 31.5 Å². The number of hydrogen-bond acceptors (Lipinski definition) is 2. The standard InChI is InChI=1S/C15H14F3NO/c1-10(11-6-8-19-9-7-11)14(20)12-4-2-3-5-13(12)15(16,17)18/h2-10,14,20H,1H3. The Morgan fingerprint density at radius 1 is 1.05 bits per heavy atom. The van der Waals surface area contributed by atoms with Crippen molar-refractivity contribution in [1.82, 2.24) is 4.98 Å². The van der Waals surface area contributed by atoms with E-state index in [1.165, 1.54) is 18.2 Å². The zero-order valence-electron chi connectivity index (χ0n) is 10.8. The molecule has 0 saturated heterocycles. The van der Waals surface area contributed by atoms with E-state index in [-0.39, 0.29) is 5.56 Å². The predicted molar refractivity (Wildman–Crippen MR) is 69.1 cm³/mol. The van der Waals surface area contributed by atoms with Crippen LogP contribution in [0.2, 0.25) is 0 Å². The van der Waals surface area contributed by atoms with Crippen LogP contribution >= 0.6 is 0 Å². The molecular weight excluding hydrogens is 267 g/mol. The van der Waals surface area contributed by atoms with E-state index in [0.29, 0.717) is 0 Å². The van der Waals surface area contributed by atoms with E-state index in [0.717, 1.165) is 11.6 Å². The van der Waals surface area contributed by atoms with Gasteiger partial charge in [-0.05, 0) is 29.3 Å². The largest absolute Gasteiger partial charge is 0.416 e. The van der Waals surface area contributed by atoms with Crippen LogP contribution in [0, 0.1) is 0 Å². The SMILES string of the molecule is CC(c1ccncc1)C(O)c1ccccc1C(F)(F)F. The third-order valence-electron chi connectivity index (χ3n) is 3.29. The lowest BCUT2D eigenvalue weighted by molar-refractivity contribution is -0.139. The first-order chi connectivity index (χ1) is 9.41. The van der Waals surface area contributed by atoms with E-state index < -0.39 is 23.8 Å². The fraction of sp³-hybridized carbons (Fsp3) is 0.267. The van der Waals surface area contributed by atoms with Crippen LogP contribution in [0.15, 0.2) is 48.8 Å². The number of halogens is 3. The predicted octanol–water partition coefficient (Wildman–Crippen LogP) is 3.94. The molecule has 5 heteroatoms. The quantitative estimate of drug-likeness (QED) is 0.924. The second-order valence-corrected chi connectivity index (χ2v) is 4.60. The normalized spacial score (nSPS) is 14.8. The summed E-state index contributed by atoms with van der Waals surface area (Å²) in [6, 6.07) is 8.47. The number of pyridine rings is 1. The Morgan fingerprint density at radius 3 is 2.25 bits per heavy atom. The van der Waals surface area contributed by atoms with E-state index in [2.05, 4.69) is 4.98 Å². The van der Waals surface area contributed by atoms with E-state index >= 15 is 0 Å². The number of rotatable bonds is 3. The van der Waals surface area contributed by atoms with Gasteiger partial charge in [-0.25, -0.2) is 0 Å². The first-order valence-electron chi connectivity index (χ1n) is 6.15. The smallest absolute Gasteiger partial charge is 0.388 e. The Hall–Kier alpha value is -1.88. The number of aromatic nitrogens is 1. The average Bonchev–Trinajstić information content (AvgIpc) is 2.46. The van der Waals surface area contributed by atoms with Gasteiger partial charge < -0.3 is 5.11 Å². The van der Waals surface area contributed by atoms with Gasteiger partial charge in [-0.3, -0.25) is 4.98 Å². The maximum atomic E-state index is 13.0. The Morgan fingerprint density at radius 2 is 1.65 bits per heavy atom. The van der Waals surface area contributed by atoms with E-state index in [4.69, 9.17) is 0 Å². The lowest BCUT2D eigenvalue weighted by Gasteiger charge is -2.23. The summed E-state index contributed by atoms with van der Waals surface area (Å²) >= 11 is 0. The molecule has 106 valence electrons. The van der Waals surface area contributed by atoms with Crippen molar-refractivity contribution in [3.05, 3.63) is 65.5 Å². The fourth-order valence-electron chi connectivity index (χ4n) is 2.13. The molecule has 0 aliphatic carbocycles. The Kier molecular flexibility index (Phi) is 4.09. The molecule has 0 saturated carbocycles. The zero-order chi connectivity index (χ0) is 14.8. The highest BCUT2D eigenvalue weighted by Crippen LogP contribution is 2.38. The average molecular weight is 281 g/mol. The van der Waals surface area contributed by atoms with Gasteiger partial charge in [0.2, 0.25) is 0 Å². The van der Waals surface area contributed by atoms with Crippen molar-refractivity contribution in [2.45, 2.75) is 25.1 Å². The van der Waals surface area contributed by atoms with E-state index in [9.17, 15) is 18.3 Å². The van der Waals surface area contributed by atoms with Crippen LogP contribution in [0.25, 0.3) is 0 Å². The van der Waals surface area contributed by atoms with Crippen LogP contribution in [0.1, 0.15) is 35.6 Å². The van der Waals surface area contributed by atoms with Gasteiger partial charge in [-0.2, -0.15) is 13.2 Å². The summed E-state index contributed by atoms with van der Waals surface area (Å²) in [4.78, 5) is 3.86. The van der Waals surface area contributed by atoms with Crippen LogP contribution in [-0.2, 0) is 6.18 Å². The molecule has 2 aromatic rings. The third kappa shape index (κ3) is 2.99. The summed E-state index contributed by atoms with van der Waals surface area (Å²) in [5.74, 6) is -0.457. The van der Waals surface area contributed by atoms with Gasteiger partial charge in [0.05, 0.1) is 11.7 Å². The zero-order valence-corrected chi connectivity index (χ0v) is 10.8. The first kappa shape index (κ1) is 14.5. The maximum Gasteiger partial charge on any atom is 0.416 e. The molecule has 1 N–H and O–H groups in total. The summed E-state index contributed by atoms with van der Waals surface area (Å²) in [7, 11) is 0. The molecule has 20 heavy (non-hydrogen) atoms. The van der Waals surface area contributed by atoms with Crippen molar-refractivity contribution in [1.29, 1.82) is 0 Å². The van der Waals surface area contributed by atoms with Crippen LogP contribution in [0.5, 0.6) is 0 Å². The number of aliphatic hydroxyl groups excluding tert-OH is 1. The number of hydrogen-bond donors (Lipinski definition) is 1. The number of nitrogens with zero attached hydrogens (tertiary/aromatic N) is 1. The van der Waals surface area contributed by atoms with Crippen molar-refractivity contribution in [3.8, 4) is 0 Å². The lowest BCUT2D eigenvalue weighted by Crippen LogP contribution is -2.15. The fourth-order valence-corrected chi connectivity index (χ4v) is 2.13. The summed E-state index contributed by atoms with van der Waals surface area (Å²) in [5.41, 5.74) is -0.165. The monoisotopic (exact) mass is 281 g/mol. The van der Waals surface area contributed by atoms with Gasteiger partial charge in [0, 0.05) is 18.3 Å². The molecule has 0 amide bonds. The molecule has 1 heterocycles. The Bertz CT molecular complexity index is 569. The molecule has 0 fully saturated rings. The third-order valence-corrected chi connectivity index (χ3v) is 3.29. The lowest BCUT2D eigenvalue weighted by atomic mass is 9.89. The van der Waals surface area contributed by atoms with Gasteiger partial charge >= 0.3 is 6.18 Å². The summed E-state index contributed by atoms with van der Waals surface area (Å²) < 4.78 is 38.9. The van der Waals surface area contributed by atoms with Gasteiger partial charge in [0.25, 0.3) is 0 Å². The molecule has 2 rings (SSSR count). The molecule has 0 bridgehead atoms. The maximum absolute atomic E-state index is 13.0. The molecule has 1 aromatic carbocycles. The molecule has 2 unspecified atom stereocenters. The van der Waals surface area contributed by atoms with Gasteiger partial charge in [-0.15, -0.1) is 0 Å². The van der Waals surface area contributed by atoms with Crippen LogP contribution in [0.3, 0.4) is 0 Å². The molecule has 2 atom stereocenters. The van der Waals surface area contributed by atoms with Crippen molar-refractivity contribution in [2.75, 3.05) is 0 Å². The molecule has 0 aliphatic rings. The molecule has 0 aliphatic heterocycles. The van der Waals surface area contributed by atoms with Crippen LogP contribution < -0.4 is 0 Å². The van der Waals surface area contributed by atoms with E-state index in [1.807, 2.05) is 0 Å². The minimum atomic E-state index is -4.48. The van der Waals surface area contributed by atoms with Gasteiger partial charge in [-0.1, -0.05) is 25.1 Å². The molecule has 0 radical (unpaired) electrons. The van der Waals surface area contributed by atoms with Crippen molar-refractivity contribution < 1.29 is 18.3 Å². The molecule has 0 spiro atoms. The molecular formula is C15H14F3NO.